The molecule has 2 fully saturated rings. The van der Waals surface area contributed by atoms with Gasteiger partial charge in [0.1, 0.15) is 11.5 Å². The van der Waals surface area contributed by atoms with Gasteiger partial charge in [0.25, 0.3) is 11.7 Å². The van der Waals surface area contributed by atoms with Gasteiger partial charge >= 0.3 is 0 Å². The van der Waals surface area contributed by atoms with Crippen molar-refractivity contribution in [3.8, 4) is 5.75 Å². The summed E-state index contributed by atoms with van der Waals surface area (Å²) in [5, 5.41) is 11.2. The van der Waals surface area contributed by atoms with Crippen molar-refractivity contribution in [2.75, 3.05) is 46.5 Å². The zero-order chi connectivity index (χ0) is 22.7. The van der Waals surface area contributed by atoms with E-state index in [1.807, 2.05) is 6.92 Å². The SMILES string of the molecule is COc1ccc(C(O)=C2C(=O)C(=O)N(CCN3CCOCC3)[C@H]2c2ccncc2)c(C)c1. The third-order valence-corrected chi connectivity index (χ3v) is 6.01. The van der Waals surface area contributed by atoms with E-state index in [-0.39, 0.29) is 11.3 Å². The quantitative estimate of drug-likeness (QED) is 0.421. The second-order valence-electron chi connectivity index (χ2n) is 7.91. The third kappa shape index (κ3) is 4.24. The molecule has 2 aromatic rings. The molecule has 0 saturated carbocycles. The molecule has 0 spiro atoms. The van der Waals surface area contributed by atoms with Crippen LogP contribution in [0.5, 0.6) is 5.75 Å². The van der Waals surface area contributed by atoms with Gasteiger partial charge in [-0.3, -0.25) is 19.5 Å². The van der Waals surface area contributed by atoms with Gasteiger partial charge in [0.2, 0.25) is 0 Å². The lowest BCUT2D eigenvalue weighted by Crippen LogP contribution is -2.42. The summed E-state index contributed by atoms with van der Waals surface area (Å²) in [5.74, 6) is -0.816. The number of aliphatic hydroxyl groups excluding tert-OH is 1. The molecule has 3 heterocycles. The fraction of sp³-hybridized carbons (Fsp3) is 0.375. The van der Waals surface area contributed by atoms with Crippen molar-refractivity contribution < 1.29 is 24.2 Å². The first-order chi connectivity index (χ1) is 15.5. The topological polar surface area (TPSA) is 92.2 Å². The molecule has 8 nitrogen and oxygen atoms in total. The van der Waals surface area contributed by atoms with Crippen LogP contribution in [0.4, 0.5) is 0 Å². The van der Waals surface area contributed by atoms with Crippen molar-refractivity contribution in [1.82, 2.24) is 14.8 Å². The average Bonchev–Trinajstić information content (AvgIpc) is 3.08. The molecule has 1 atom stereocenters. The van der Waals surface area contributed by atoms with E-state index in [9.17, 15) is 14.7 Å². The lowest BCUT2D eigenvalue weighted by molar-refractivity contribution is -0.140. The number of nitrogens with zero attached hydrogens (tertiary/aromatic N) is 3. The normalized spacial score (nSPS) is 21.2. The number of pyridine rings is 1. The molecule has 1 amide bonds. The molecule has 0 radical (unpaired) electrons. The van der Waals surface area contributed by atoms with Crippen LogP contribution in [0.15, 0.2) is 48.3 Å². The molecular formula is C24H27N3O5. The summed E-state index contributed by atoms with van der Waals surface area (Å²) < 4.78 is 10.6. The van der Waals surface area contributed by atoms with E-state index in [4.69, 9.17) is 9.47 Å². The van der Waals surface area contributed by atoms with Gasteiger partial charge in [-0.05, 0) is 48.4 Å². The fourth-order valence-corrected chi connectivity index (χ4v) is 4.25. The zero-order valence-corrected chi connectivity index (χ0v) is 18.3. The van der Waals surface area contributed by atoms with Gasteiger partial charge in [-0.1, -0.05) is 0 Å². The Balaban J connectivity index is 1.73. The molecule has 1 N–H and O–H groups in total. The number of rotatable bonds is 6. The smallest absolute Gasteiger partial charge is 0.295 e. The van der Waals surface area contributed by atoms with Crippen molar-refractivity contribution >= 4 is 17.4 Å². The van der Waals surface area contributed by atoms with E-state index in [1.165, 1.54) is 0 Å². The molecule has 0 aliphatic carbocycles. The largest absolute Gasteiger partial charge is 0.507 e. The molecule has 168 valence electrons. The van der Waals surface area contributed by atoms with Crippen molar-refractivity contribution in [2.45, 2.75) is 13.0 Å². The fourth-order valence-electron chi connectivity index (χ4n) is 4.25. The van der Waals surface area contributed by atoms with E-state index in [0.717, 1.165) is 24.2 Å². The highest BCUT2D eigenvalue weighted by Crippen LogP contribution is 2.39. The Morgan fingerprint density at radius 2 is 1.88 bits per heavy atom. The lowest BCUT2D eigenvalue weighted by Gasteiger charge is -2.31. The number of aliphatic hydroxyl groups is 1. The summed E-state index contributed by atoms with van der Waals surface area (Å²) in [7, 11) is 1.57. The minimum Gasteiger partial charge on any atom is -0.507 e. The maximum absolute atomic E-state index is 13.1. The predicted molar refractivity (Wildman–Crippen MR) is 118 cm³/mol. The maximum atomic E-state index is 13.1. The van der Waals surface area contributed by atoms with Gasteiger partial charge in [0, 0.05) is 44.1 Å². The summed E-state index contributed by atoms with van der Waals surface area (Å²) in [5.41, 5.74) is 2.07. The second-order valence-corrected chi connectivity index (χ2v) is 7.91. The molecule has 2 saturated heterocycles. The molecule has 1 aromatic heterocycles. The number of likely N-dealkylation sites (tertiary alicyclic amines) is 1. The van der Waals surface area contributed by atoms with Crippen LogP contribution in [0.1, 0.15) is 22.7 Å². The number of ether oxygens (including phenoxy) is 2. The van der Waals surface area contributed by atoms with Gasteiger partial charge in [-0.2, -0.15) is 0 Å². The monoisotopic (exact) mass is 437 g/mol. The Morgan fingerprint density at radius 1 is 1.16 bits per heavy atom. The number of amides is 1. The van der Waals surface area contributed by atoms with Gasteiger partial charge in [0.15, 0.2) is 0 Å². The predicted octanol–water partition coefficient (Wildman–Crippen LogP) is 2.15. The number of carbonyl (C=O) groups excluding carboxylic acids is 2. The van der Waals surface area contributed by atoms with Crippen LogP contribution in [0.25, 0.3) is 5.76 Å². The Bertz CT molecular complexity index is 1030. The van der Waals surface area contributed by atoms with Gasteiger partial charge in [-0.15, -0.1) is 0 Å². The van der Waals surface area contributed by atoms with Gasteiger partial charge in [-0.25, -0.2) is 0 Å². The zero-order valence-electron chi connectivity index (χ0n) is 18.3. The number of morpholine rings is 1. The number of aryl methyl sites for hydroxylation is 1. The number of ketones is 1. The maximum Gasteiger partial charge on any atom is 0.295 e. The summed E-state index contributed by atoms with van der Waals surface area (Å²) in [6, 6.07) is 8.07. The highest BCUT2D eigenvalue weighted by atomic mass is 16.5. The summed E-state index contributed by atoms with van der Waals surface area (Å²) in [4.78, 5) is 34.0. The Hall–Kier alpha value is -3.23. The van der Waals surface area contributed by atoms with Crippen molar-refractivity contribution in [3.63, 3.8) is 0 Å². The summed E-state index contributed by atoms with van der Waals surface area (Å²) in [6.45, 7) is 5.71. The molecular weight excluding hydrogens is 410 g/mol. The molecule has 32 heavy (non-hydrogen) atoms. The first-order valence-corrected chi connectivity index (χ1v) is 10.6. The van der Waals surface area contributed by atoms with Crippen LogP contribution >= 0.6 is 0 Å². The standard InChI is InChI=1S/C24H27N3O5/c1-16-15-18(31-2)3-4-19(16)22(28)20-21(17-5-7-25-8-6-17)27(24(30)23(20)29)10-9-26-11-13-32-14-12-26/h3-8,15,21,28H,9-14H2,1-2H3/t21-/m0/s1. The number of aromatic nitrogens is 1. The number of methoxy groups -OCH3 is 1. The second kappa shape index (κ2) is 9.50. The van der Waals surface area contributed by atoms with E-state index in [1.54, 1.807) is 54.7 Å². The Kier molecular flexibility index (Phi) is 6.53. The van der Waals surface area contributed by atoms with Crippen LogP contribution in [0.3, 0.4) is 0 Å². The lowest BCUT2D eigenvalue weighted by atomic mass is 9.94. The molecule has 4 rings (SSSR count). The number of carbonyl (C=O) groups is 2. The molecule has 8 heteroatoms. The highest BCUT2D eigenvalue weighted by molar-refractivity contribution is 6.46. The first-order valence-electron chi connectivity index (χ1n) is 10.6. The summed E-state index contributed by atoms with van der Waals surface area (Å²) in [6.07, 6.45) is 3.24. The van der Waals surface area contributed by atoms with Crippen LogP contribution in [0.2, 0.25) is 0 Å². The average molecular weight is 437 g/mol. The van der Waals surface area contributed by atoms with Gasteiger partial charge < -0.3 is 19.5 Å². The number of benzene rings is 1. The minimum absolute atomic E-state index is 0.0939. The van der Waals surface area contributed by atoms with E-state index < -0.39 is 17.7 Å². The third-order valence-electron chi connectivity index (χ3n) is 6.01. The molecule has 1 aromatic carbocycles. The van der Waals surface area contributed by atoms with Crippen molar-refractivity contribution in [2.24, 2.45) is 0 Å². The minimum atomic E-state index is -0.680. The number of hydrogen-bond donors (Lipinski definition) is 1. The first kappa shape index (κ1) is 22.0. The van der Waals surface area contributed by atoms with E-state index in [2.05, 4.69) is 9.88 Å². The Labute approximate surface area is 187 Å². The number of hydrogen-bond acceptors (Lipinski definition) is 7. The number of Topliss-reactive ketones (excluding diaryl/α,β-unsaturated/α-hetero) is 1. The van der Waals surface area contributed by atoms with Crippen LogP contribution < -0.4 is 4.74 Å². The molecule has 2 aliphatic rings. The molecule has 2 aliphatic heterocycles. The van der Waals surface area contributed by atoms with Crippen LogP contribution in [-0.2, 0) is 14.3 Å². The highest BCUT2D eigenvalue weighted by Gasteiger charge is 2.46. The molecule has 0 unspecified atom stereocenters. The van der Waals surface area contributed by atoms with Crippen LogP contribution in [-0.4, -0.2) is 78.1 Å². The Morgan fingerprint density at radius 3 is 2.53 bits per heavy atom. The van der Waals surface area contributed by atoms with Crippen molar-refractivity contribution in [3.05, 3.63) is 65.0 Å². The van der Waals surface area contributed by atoms with Gasteiger partial charge in [0.05, 0.1) is 31.9 Å². The molecule has 0 bridgehead atoms. The van der Waals surface area contributed by atoms with E-state index >= 15 is 0 Å². The van der Waals surface area contributed by atoms with Crippen molar-refractivity contribution in [1.29, 1.82) is 0 Å². The van der Waals surface area contributed by atoms with E-state index in [0.29, 0.717) is 37.6 Å². The van der Waals surface area contributed by atoms with Crippen LogP contribution in [0, 0.1) is 6.92 Å². The summed E-state index contributed by atoms with van der Waals surface area (Å²) >= 11 is 0.